The highest BCUT2D eigenvalue weighted by molar-refractivity contribution is 6.11. The van der Waals surface area contributed by atoms with Gasteiger partial charge in [0.15, 0.2) is 0 Å². The van der Waals surface area contributed by atoms with Gasteiger partial charge in [-0.15, -0.1) is 0 Å². The van der Waals surface area contributed by atoms with Crippen molar-refractivity contribution in [3.05, 3.63) is 365 Å². The monoisotopic (exact) mass is 1080 g/mol. The highest BCUT2D eigenvalue weighted by Crippen LogP contribution is 2.60. The predicted molar refractivity (Wildman–Crippen MR) is 354 cm³/mol. The van der Waals surface area contributed by atoms with E-state index in [9.17, 15) is 0 Å². The molecule has 2 heteroatoms. The Hall–Kier alpha value is -10.3. The van der Waals surface area contributed by atoms with Crippen LogP contribution in [0.25, 0.3) is 66.4 Å². The van der Waals surface area contributed by atoms with Gasteiger partial charge in [0.2, 0.25) is 0 Å². The van der Waals surface area contributed by atoms with Gasteiger partial charge in [-0.2, -0.15) is 0 Å². The first kappa shape index (κ1) is 49.3. The molecule has 1 heterocycles. The van der Waals surface area contributed by atoms with Gasteiger partial charge >= 0.3 is 0 Å². The van der Waals surface area contributed by atoms with Crippen LogP contribution in [0.2, 0.25) is 0 Å². The summed E-state index contributed by atoms with van der Waals surface area (Å²) in [5, 5.41) is 2.45. The second kappa shape index (κ2) is 18.9. The van der Waals surface area contributed by atoms with Crippen molar-refractivity contribution in [3.8, 4) is 39.1 Å². The molecule has 1 atom stereocenters. The molecule has 1 unspecified atom stereocenters. The minimum absolute atomic E-state index is 0.111. The van der Waals surface area contributed by atoms with Gasteiger partial charge in [-0.3, -0.25) is 0 Å². The van der Waals surface area contributed by atoms with Crippen molar-refractivity contribution >= 4 is 44.4 Å². The first-order chi connectivity index (χ1) is 41.9. The largest absolute Gasteiger partial charge is 0.310 e. The summed E-state index contributed by atoms with van der Waals surface area (Å²) in [5.41, 5.74) is 29.1. The van der Waals surface area contributed by atoms with E-state index in [0.717, 1.165) is 41.2 Å². The van der Waals surface area contributed by atoms with E-state index in [1.165, 1.54) is 116 Å². The lowest BCUT2D eigenvalue weighted by molar-refractivity contribution is 0.660. The quantitative estimate of drug-likeness (QED) is 0.140. The number of benzene rings is 12. The summed E-state index contributed by atoms with van der Waals surface area (Å²) in [6.07, 6.45) is 7.07. The zero-order valence-electron chi connectivity index (χ0n) is 47.7. The van der Waals surface area contributed by atoms with E-state index in [-0.39, 0.29) is 5.41 Å². The highest BCUT2D eigenvalue weighted by atomic mass is 15.1. The van der Waals surface area contributed by atoms with Crippen LogP contribution < -0.4 is 4.90 Å². The maximum Gasteiger partial charge on any atom is 0.0713 e. The SMILES string of the molecule is CC1(C)c2ccccc2-c2cc(N(c3ccc(-c4ccc5c(c4)c4cc(C6(c7ccccc7)c7ccccc7-c7ccccc76)ccc4n5-c4ccccc4)cc3)c3cccc(C4(c5ccccc5)C5=CCCC=C5c5ccccc54)c3)ccc21. The van der Waals surface area contributed by atoms with Gasteiger partial charge in [-0.25, -0.2) is 0 Å². The standard InChI is InChI=1S/C83H60N2/c1-81(2)73-36-17-12-35-69(73)70-54-64(47-48-74(70)81)84(63-30-22-27-59(52-63)82(57-23-6-3-7-24-57)75-37-18-13-31-65(75)66-32-14-19-38-76(66)82)62-45-41-55(42-46-62)56-43-49-79-71(51-56)72-53-60(44-50-80(72)85(79)61-28-10-5-11-29-61)83(58-25-8-4-9-26-58)77-39-20-15-33-67(77)68-34-16-21-40-78(68)83/h3-13,15-18,20-54H,14,19H2,1-2H3. The van der Waals surface area contributed by atoms with Crippen LogP contribution in [0.5, 0.6) is 0 Å². The molecular weight excluding hydrogens is 1020 g/mol. The molecule has 0 bridgehead atoms. The average molecular weight is 1090 g/mol. The maximum atomic E-state index is 2.52. The highest BCUT2D eigenvalue weighted by Gasteiger charge is 2.49. The number of para-hydroxylation sites is 1. The van der Waals surface area contributed by atoms with Crippen LogP contribution in [-0.4, -0.2) is 4.57 Å². The molecule has 0 saturated heterocycles. The number of allylic oxidation sites excluding steroid dienone is 4. The summed E-state index contributed by atoms with van der Waals surface area (Å²) in [7, 11) is 0. The summed E-state index contributed by atoms with van der Waals surface area (Å²) >= 11 is 0. The Balaban J connectivity index is 0.841. The fourth-order valence-corrected chi connectivity index (χ4v) is 15.9. The van der Waals surface area contributed by atoms with E-state index >= 15 is 0 Å². The number of rotatable bonds is 9. The molecule has 85 heavy (non-hydrogen) atoms. The number of hydrogen-bond acceptors (Lipinski definition) is 1. The fraction of sp³-hybridized carbons (Fsp3) is 0.0843. The molecule has 0 radical (unpaired) electrons. The van der Waals surface area contributed by atoms with E-state index in [4.69, 9.17) is 0 Å². The number of aromatic nitrogens is 1. The van der Waals surface area contributed by atoms with Crippen molar-refractivity contribution < 1.29 is 0 Å². The van der Waals surface area contributed by atoms with E-state index in [1.807, 2.05) is 0 Å². The van der Waals surface area contributed by atoms with E-state index in [2.05, 4.69) is 327 Å². The van der Waals surface area contributed by atoms with Crippen LogP contribution in [0.3, 0.4) is 0 Å². The van der Waals surface area contributed by atoms with Gasteiger partial charge in [0.25, 0.3) is 0 Å². The number of anilines is 3. The molecule has 0 amide bonds. The van der Waals surface area contributed by atoms with E-state index in [1.54, 1.807) is 0 Å². The van der Waals surface area contributed by atoms with E-state index < -0.39 is 10.8 Å². The summed E-state index contributed by atoms with van der Waals surface area (Å²) in [4.78, 5) is 2.49. The van der Waals surface area contributed by atoms with Crippen molar-refractivity contribution in [1.29, 1.82) is 0 Å². The van der Waals surface area contributed by atoms with Crippen LogP contribution >= 0.6 is 0 Å². The summed E-state index contributed by atoms with van der Waals surface area (Å²) in [6.45, 7) is 4.74. The molecule has 0 spiro atoms. The van der Waals surface area contributed by atoms with Gasteiger partial charge in [0.05, 0.1) is 21.9 Å². The first-order valence-corrected chi connectivity index (χ1v) is 30.1. The molecule has 4 aliphatic rings. The topological polar surface area (TPSA) is 8.17 Å². The van der Waals surface area contributed by atoms with Crippen molar-refractivity contribution in [1.82, 2.24) is 4.57 Å². The zero-order valence-corrected chi connectivity index (χ0v) is 47.7. The molecule has 0 N–H and O–H groups in total. The lowest BCUT2D eigenvalue weighted by atomic mass is 9.66. The minimum atomic E-state index is -0.516. The van der Waals surface area contributed by atoms with Crippen LogP contribution in [0, 0.1) is 0 Å². The summed E-state index contributed by atoms with van der Waals surface area (Å²) < 4.78 is 2.45. The van der Waals surface area contributed by atoms with Crippen molar-refractivity contribution in [3.63, 3.8) is 0 Å². The fourth-order valence-electron chi connectivity index (χ4n) is 15.9. The minimum Gasteiger partial charge on any atom is -0.310 e. The van der Waals surface area contributed by atoms with Crippen molar-refractivity contribution in [2.45, 2.75) is 42.9 Å². The van der Waals surface area contributed by atoms with Gasteiger partial charge in [0.1, 0.15) is 0 Å². The first-order valence-electron chi connectivity index (χ1n) is 30.1. The smallest absolute Gasteiger partial charge is 0.0713 e. The molecule has 12 aromatic carbocycles. The Labute approximate surface area is 497 Å². The van der Waals surface area contributed by atoms with Crippen LogP contribution in [-0.2, 0) is 16.2 Å². The van der Waals surface area contributed by atoms with Gasteiger partial charge in [-0.1, -0.05) is 244 Å². The molecule has 0 aliphatic heterocycles. The molecule has 0 saturated carbocycles. The molecule has 1 aromatic heterocycles. The summed E-state index contributed by atoms with van der Waals surface area (Å²) in [5.74, 6) is 0. The molecule has 402 valence electrons. The Morgan fingerprint density at radius 3 is 1.48 bits per heavy atom. The molecular formula is C83H60N2. The maximum absolute atomic E-state index is 2.52. The zero-order chi connectivity index (χ0) is 56.4. The normalized spacial score (nSPS) is 16.4. The summed E-state index contributed by atoms with van der Waals surface area (Å²) in [6, 6.07) is 110. The Kier molecular flexibility index (Phi) is 11.0. The van der Waals surface area contributed by atoms with Gasteiger partial charge in [0, 0.05) is 38.9 Å². The number of nitrogens with zero attached hydrogens (tertiary/aromatic N) is 2. The number of hydrogen-bond donors (Lipinski definition) is 0. The second-order valence-corrected chi connectivity index (χ2v) is 24.1. The van der Waals surface area contributed by atoms with Crippen LogP contribution in [0.4, 0.5) is 17.1 Å². The number of fused-ring (bicyclic) bond motifs is 12. The Morgan fingerprint density at radius 2 is 0.800 bits per heavy atom. The Bertz CT molecular complexity index is 4860. The van der Waals surface area contributed by atoms with Gasteiger partial charge < -0.3 is 9.47 Å². The Morgan fingerprint density at radius 1 is 0.318 bits per heavy atom. The van der Waals surface area contributed by atoms with Crippen LogP contribution in [0.1, 0.15) is 82.3 Å². The molecule has 17 rings (SSSR count). The molecule has 13 aromatic rings. The molecule has 4 aliphatic carbocycles. The molecule has 2 nitrogen and oxygen atoms in total. The van der Waals surface area contributed by atoms with Gasteiger partial charge in [-0.05, 0) is 186 Å². The lowest BCUT2D eigenvalue weighted by Gasteiger charge is -2.36. The molecule has 0 fully saturated rings. The van der Waals surface area contributed by atoms with Crippen molar-refractivity contribution in [2.24, 2.45) is 0 Å². The third-order valence-corrected chi connectivity index (χ3v) is 19.6. The lowest BCUT2D eigenvalue weighted by Crippen LogP contribution is -2.29. The van der Waals surface area contributed by atoms with Crippen molar-refractivity contribution in [2.75, 3.05) is 4.90 Å². The predicted octanol–water partition coefficient (Wildman–Crippen LogP) is 21.0. The van der Waals surface area contributed by atoms with E-state index in [0.29, 0.717) is 0 Å². The second-order valence-electron chi connectivity index (χ2n) is 24.1. The third kappa shape index (κ3) is 7.06. The average Bonchev–Trinajstić information content (AvgIpc) is 1.66. The third-order valence-electron chi connectivity index (χ3n) is 19.6. The van der Waals surface area contributed by atoms with Crippen LogP contribution in [0.15, 0.2) is 309 Å².